The molecule has 130 valence electrons. The van der Waals surface area contributed by atoms with Crippen molar-refractivity contribution >= 4 is 27.8 Å². The van der Waals surface area contributed by atoms with Crippen molar-refractivity contribution in [1.29, 1.82) is 0 Å². The molecule has 3 heteroatoms. The number of ketones is 1. The van der Waals surface area contributed by atoms with Gasteiger partial charge in [-0.05, 0) is 35.4 Å². The lowest BCUT2D eigenvalue weighted by molar-refractivity contribution is 0.0996. The summed E-state index contributed by atoms with van der Waals surface area (Å²) < 4.78 is 6.75. The fraction of sp³-hybridized carbons (Fsp3) is 0.0870. The van der Waals surface area contributed by atoms with Crippen molar-refractivity contribution in [3.8, 4) is 5.75 Å². The minimum Gasteiger partial charge on any atom is -0.489 e. The molecule has 0 aromatic heterocycles. The van der Waals surface area contributed by atoms with Gasteiger partial charge in [0.1, 0.15) is 12.4 Å². The molecule has 0 aliphatic rings. The predicted molar refractivity (Wildman–Crippen MR) is 109 cm³/mol. The van der Waals surface area contributed by atoms with E-state index in [-0.39, 0.29) is 5.78 Å². The van der Waals surface area contributed by atoms with Gasteiger partial charge in [-0.25, -0.2) is 0 Å². The Hall–Kier alpha value is -2.65. The van der Waals surface area contributed by atoms with E-state index in [1.807, 2.05) is 91.0 Å². The zero-order valence-electron chi connectivity index (χ0n) is 14.3. The number of hydrogen-bond acceptors (Lipinski definition) is 2. The summed E-state index contributed by atoms with van der Waals surface area (Å²) in [6, 6.07) is 25.4. The summed E-state index contributed by atoms with van der Waals surface area (Å²) in [6.07, 6.45) is 4.23. The number of carbonyl (C=O) groups excluding carboxylic acids is 1. The quantitative estimate of drug-likeness (QED) is 0.429. The zero-order chi connectivity index (χ0) is 18.2. The van der Waals surface area contributed by atoms with Crippen molar-refractivity contribution < 1.29 is 9.53 Å². The summed E-state index contributed by atoms with van der Waals surface area (Å²) in [5.74, 6) is 0.938. The molecular formula is C23H19BrO2. The van der Waals surface area contributed by atoms with E-state index in [4.69, 9.17) is 4.74 Å². The number of rotatable bonds is 7. The van der Waals surface area contributed by atoms with Gasteiger partial charge in [0.15, 0.2) is 5.78 Å². The molecule has 0 radical (unpaired) electrons. The lowest BCUT2D eigenvalue weighted by Crippen LogP contribution is -1.96. The van der Waals surface area contributed by atoms with Gasteiger partial charge in [-0.3, -0.25) is 4.79 Å². The average molecular weight is 407 g/mol. The maximum absolute atomic E-state index is 12.1. The highest BCUT2D eigenvalue weighted by Gasteiger charge is 2.03. The van der Waals surface area contributed by atoms with Crippen LogP contribution < -0.4 is 4.74 Å². The normalized spacial score (nSPS) is 10.8. The monoisotopic (exact) mass is 406 g/mol. The Labute approximate surface area is 162 Å². The maximum Gasteiger partial charge on any atom is 0.166 e. The van der Waals surface area contributed by atoms with Crippen LogP contribution in [0.2, 0.25) is 0 Å². The van der Waals surface area contributed by atoms with Crippen molar-refractivity contribution in [2.45, 2.75) is 13.0 Å². The molecule has 0 bridgehead atoms. The third kappa shape index (κ3) is 5.43. The molecular weight excluding hydrogens is 388 g/mol. The van der Waals surface area contributed by atoms with Crippen LogP contribution in [0.25, 0.3) is 6.08 Å². The first-order chi connectivity index (χ1) is 12.7. The number of hydrogen-bond donors (Lipinski definition) is 0. The van der Waals surface area contributed by atoms with Gasteiger partial charge in [-0.1, -0.05) is 82.7 Å². The first-order valence-corrected chi connectivity index (χ1v) is 9.22. The molecule has 2 nitrogen and oxygen atoms in total. The van der Waals surface area contributed by atoms with Gasteiger partial charge >= 0.3 is 0 Å². The molecule has 0 unspecified atom stereocenters. The molecule has 3 aromatic carbocycles. The first-order valence-electron chi connectivity index (χ1n) is 8.43. The number of Topliss-reactive ketones (excluding diaryl/α,β-unsaturated/α-hetero) is 1. The second kappa shape index (κ2) is 9.16. The van der Waals surface area contributed by atoms with Crippen LogP contribution in [0.15, 0.2) is 89.4 Å². The van der Waals surface area contributed by atoms with E-state index in [1.165, 1.54) is 0 Å². The van der Waals surface area contributed by atoms with Gasteiger partial charge in [0.05, 0.1) is 0 Å². The highest BCUT2D eigenvalue weighted by Crippen LogP contribution is 2.16. The number of ether oxygens (including phenoxy) is 1. The van der Waals surface area contributed by atoms with Crippen LogP contribution >= 0.6 is 15.9 Å². The van der Waals surface area contributed by atoms with Gasteiger partial charge in [-0.15, -0.1) is 0 Å². The van der Waals surface area contributed by atoms with E-state index >= 15 is 0 Å². The molecule has 0 aliphatic carbocycles. The van der Waals surface area contributed by atoms with Gasteiger partial charge in [0, 0.05) is 16.5 Å². The molecule has 0 saturated carbocycles. The number of benzene rings is 3. The van der Waals surface area contributed by atoms with Crippen molar-refractivity contribution in [2.75, 3.05) is 0 Å². The molecule has 0 saturated heterocycles. The Bertz CT molecular complexity index is 866. The Balaban J connectivity index is 1.51. The summed E-state index contributed by atoms with van der Waals surface area (Å²) >= 11 is 3.37. The molecule has 0 heterocycles. The van der Waals surface area contributed by atoms with E-state index in [0.29, 0.717) is 13.0 Å². The van der Waals surface area contributed by atoms with Gasteiger partial charge in [0.2, 0.25) is 0 Å². The number of carbonyl (C=O) groups is 1. The maximum atomic E-state index is 12.1. The molecule has 0 N–H and O–H groups in total. The predicted octanol–water partition coefficient (Wildman–Crippen LogP) is 6.31. The largest absolute Gasteiger partial charge is 0.489 e. The Morgan fingerprint density at radius 2 is 1.58 bits per heavy atom. The van der Waals surface area contributed by atoms with Crippen LogP contribution in [-0.2, 0) is 6.61 Å². The van der Waals surface area contributed by atoms with E-state index in [2.05, 4.69) is 15.9 Å². The topological polar surface area (TPSA) is 26.3 Å². The fourth-order valence-electron chi connectivity index (χ4n) is 2.47. The minimum absolute atomic E-state index is 0.108. The van der Waals surface area contributed by atoms with Crippen molar-refractivity contribution in [1.82, 2.24) is 0 Å². The van der Waals surface area contributed by atoms with Crippen molar-refractivity contribution in [2.24, 2.45) is 0 Å². The van der Waals surface area contributed by atoms with Crippen LogP contribution in [0, 0.1) is 0 Å². The number of allylic oxidation sites excluding steroid dienone is 1. The van der Waals surface area contributed by atoms with Crippen molar-refractivity contribution in [3.05, 3.63) is 106 Å². The summed E-state index contributed by atoms with van der Waals surface area (Å²) in [5.41, 5.74) is 2.91. The van der Waals surface area contributed by atoms with Gasteiger partial charge in [-0.2, -0.15) is 0 Å². The molecule has 26 heavy (non-hydrogen) atoms. The fourth-order valence-corrected chi connectivity index (χ4v) is 2.74. The summed E-state index contributed by atoms with van der Waals surface area (Å²) in [7, 11) is 0. The Morgan fingerprint density at radius 1 is 0.885 bits per heavy atom. The lowest BCUT2D eigenvalue weighted by Gasteiger charge is -2.06. The number of halogens is 1. The lowest BCUT2D eigenvalue weighted by atomic mass is 10.1. The molecule has 0 spiro atoms. The van der Waals surface area contributed by atoms with E-state index < -0.39 is 0 Å². The molecule has 0 amide bonds. The second-order valence-corrected chi connectivity index (χ2v) is 6.80. The zero-order valence-corrected chi connectivity index (χ0v) is 15.9. The average Bonchev–Trinajstić information content (AvgIpc) is 2.68. The highest BCUT2D eigenvalue weighted by molar-refractivity contribution is 9.10. The van der Waals surface area contributed by atoms with Crippen LogP contribution in [0.1, 0.15) is 27.9 Å². The van der Waals surface area contributed by atoms with Crippen LogP contribution in [0.5, 0.6) is 5.75 Å². The van der Waals surface area contributed by atoms with Crippen molar-refractivity contribution in [3.63, 3.8) is 0 Å². The standard InChI is InChI=1S/C23H19BrO2/c24-21-13-11-20(12-14-21)23(25)8-4-7-18-9-15-22(16-10-18)26-17-19-5-2-1-3-6-19/h1-7,9-16H,8,17H2. The minimum atomic E-state index is 0.108. The molecule has 3 aromatic rings. The van der Waals surface area contributed by atoms with E-state index in [1.54, 1.807) is 0 Å². The van der Waals surface area contributed by atoms with Crippen LogP contribution in [-0.4, -0.2) is 5.78 Å². The molecule has 0 fully saturated rings. The summed E-state index contributed by atoms with van der Waals surface area (Å²) in [6.45, 7) is 0.553. The highest BCUT2D eigenvalue weighted by atomic mass is 79.9. The first kappa shape index (κ1) is 18.2. The Morgan fingerprint density at radius 3 is 2.27 bits per heavy atom. The van der Waals surface area contributed by atoms with Gasteiger partial charge < -0.3 is 4.74 Å². The van der Waals surface area contributed by atoms with E-state index in [9.17, 15) is 4.79 Å². The Kier molecular flexibility index (Phi) is 6.39. The molecule has 0 aliphatic heterocycles. The van der Waals surface area contributed by atoms with Crippen LogP contribution in [0.3, 0.4) is 0 Å². The molecule has 3 rings (SSSR count). The van der Waals surface area contributed by atoms with Crippen LogP contribution in [0.4, 0.5) is 0 Å². The third-order valence-electron chi connectivity index (χ3n) is 3.91. The second-order valence-electron chi connectivity index (χ2n) is 5.88. The summed E-state index contributed by atoms with van der Waals surface area (Å²) in [4.78, 5) is 12.1. The molecule has 0 atom stereocenters. The summed E-state index contributed by atoms with van der Waals surface area (Å²) in [5, 5.41) is 0. The van der Waals surface area contributed by atoms with Gasteiger partial charge in [0.25, 0.3) is 0 Å². The SMILES string of the molecule is O=C(CC=Cc1ccc(OCc2ccccc2)cc1)c1ccc(Br)cc1. The van der Waals surface area contributed by atoms with E-state index in [0.717, 1.165) is 26.9 Å². The smallest absolute Gasteiger partial charge is 0.166 e. The third-order valence-corrected chi connectivity index (χ3v) is 4.44.